The van der Waals surface area contributed by atoms with Crippen molar-refractivity contribution < 1.29 is 14.4 Å². The Hall–Kier alpha value is -3.35. The van der Waals surface area contributed by atoms with Gasteiger partial charge in [-0.15, -0.1) is 0 Å². The van der Waals surface area contributed by atoms with Gasteiger partial charge in [0.25, 0.3) is 11.8 Å². The summed E-state index contributed by atoms with van der Waals surface area (Å²) >= 11 is 0. The number of nitrogens with one attached hydrogen (secondary N) is 3. The van der Waals surface area contributed by atoms with E-state index in [2.05, 4.69) is 16.0 Å². The van der Waals surface area contributed by atoms with Gasteiger partial charge in [-0.3, -0.25) is 14.9 Å². The molecule has 0 bridgehead atoms. The summed E-state index contributed by atoms with van der Waals surface area (Å²) in [6.45, 7) is 0. The molecule has 25 heavy (non-hydrogen) atoms. The molecule has 128 valence electrons. The van der Waals surface area contributed by atoms with Crippen LogP contribution < -0.4 is 20.9 Å². The van der Waals surface area contributed by atoms with Crippen molar-refractivity contribution >= 4 is 29.2 Å². The molecule has 0 saturated carbocycles. The number of hydrogen-bond acceptors (Lipinski definition) is 4. The van der Waals surface area contributed by atoms with Gasteiger partial charge < -0.3 is 15.5 Å². The average molecular weight is 338 g/mol. The van der Waals surface area contributed by atoms with Crippen molar-refractivity contribution in [2.75, 3.05) is 24.3 Å². The Morgan fingerprint density at radius 1 is 1.08 bits per heavy atom. The van der Waals surface area contributed by atoms with Crippen molar-refractivity contribution in [2.45, 2.75) is 6.04 Å². The van der Waals surface area contributed by atoms with E-state index in [0.717, 1.165) is 5.69 Å². The molecule has 1 aliphatic rings. The van der Waals surface area contributed by atoms with Crippen LogP contribution in [0.5, 0.6) is 0 Å². The second-order valence-electron chi connectivity index (χ2n) is 5.92. The molecule has 4 amide bonds. The molecular weight excluding hydrogens is 320 g/mol. The van der Waals surface area contributed by atoms with Crippen molar-refractivity contribution in [3.63, 3.8) is 0 Å². The summed E-state index contributed by atoms with van der Waals surface area (Å²) in [5.74, 6) is -0.606. The van der Waals surface area contributed by atoms with Gasteiger partial charge in [0.15, 0.2) is 0 Å². The fourth-order valence-corrected chi connectivity index (χ4v) is 2.54. The van der Waals surface area contributed by atoms with Crippen LogP contribution in [0.4, 0.5) is 16.2 Å². The number of nitrogens with zero attached hydrogens (tertiary/aromatic N) is 1. The zero-order valence-corrected chi connectivity index (χ0v) is 13.9. The minimum atomic E-state index is -0.700. The SMILES string of the molecule is CN(C)c1cccc(C(=O)Nc2ccc(C3NC(=O)NC3=O)cc2)c1. The lowest BCUT2D eigenvalue weighted by atomic mass is 10.1. The van der Waals surface area contributed by atoms with E-state index < -0.39 is 12.1 Å². The Kier molecular flexibility index (Phi) is 4.38. The molecule has 1 saturated heterocycles. The van der Waals surface area contributed by atoms with Gasteiger partial charge in [0, 0.05) is 31.0 Å². The molecule has 1 heterocycles. The summed E-state index contributed by atoms with van der Waals surface area (Å²) in [7, 11) is 3.82. The molecule has 0 spiro atoms. The van der Waals surface area contributed by atoms with Gasteiger partial charge in [0.1, 0.15) is 6.04 Å². The first-order chi connectivity index (χ1) is 11.9. The molecule has 7 heteroatoms. The van der Waals surface area contributed by atoms with E-state index >= 15 is 0 Å². The molecule has 1 unspecified atom stereocenters. The van der Waals surface area contributed by atoms with Crippen molar-refractivity contribution in [1.82, 2.24) is 10.6 Å². The zero-order chi connectivity index (χ0) is 18.0. The van der Waals surface area contributed by atoms with E-state index in [-0.39, 0.29) is 11.8 Å². The van der Waals surface area contributed by atoms with Crippen LogP contribution in [0, 0.1) is 0 Å². The third-order valence-electron chi connectivity index (χ3n) is 3.90. The highest BCUT2D eigenvalue weighted by atomic mass is 16.2. The first-order valence-corrected chi connectivity index (χ1v) is 7.74. The molecule has 0 aliphatic carbocycles. The van der Waals surface area contributed by atoms with E-state index in [4.69, 9.17) is 0 Å². The lowest BCUT2D eigenvalue weighted by Gasteiger charge is -2.14. The Balaban J connectivity index is 1.71. The lowest BCUT2D eigenvalue weighted by Crippen LogP contribution is -2.22. The number of urea groups is 1. The van der Waals surface area contributed by atoms with Crippen LogP contribution >= 0.6 is 0 Å². The summed E-state index contributed by atoms with van der Waals surface area (Å²) in [5.41, 5.74) is 2.74. The summed E-state index contributed by atoms with van der Waals surface area (Å²) in [5, 5.41) is 7.53. The minimum Gasteiger partial charge on any atom is -0.378 e. The van der Waals surface area contributed by atoms with Crippen LogP contribution in [0.15, 0.2) is 48.5 Å². The predicted molar refractivity (Wildman–Crippen MR) is 94.6 cm³/mol. The number of rotatable bonds is 4. The smallest absolute Gasteiger partial charge is 0.322 e. The molecule has 1 atom stereocenters. The maximum Gasteiger partial charge on any atom is 0.322 e. The molecule has 1 aliphatic heterocycles. The summed E-state index contributed by atoms with van der Waals surface area (Å²) in [6, 6.07) is 12.9. The Morgan fingerprint density at radius 2 is 1.80 bits per heavy atom. The number of benzene rings is 2. The van der Waals surface area contributed by atoms with Gasteiger partial charge in [-0.1, -0.05) is 18.2 Å². The number of carbonyl (C=O) groups excluding carboxylic acids is 3. The summed E-state index contributed by atoms with van der Waals surface area (Å²) in [4.78, 5) is 37.1. The topological polar surface area (TPSA) is 90.5 Å². The maximum absolute atomic E-state index is 12.4. The van der Waals surface area contributed by atoms with Crippen LogP contribution in [0.25, 0.3) is 0 Å². The lowest BCUT2D eigenvalue weighted by molar-refractivity contribution is -0.120. The number of carbonyl (C=O) groups is 3. The molecule has 0 aromatic heterocycles. The summed E-state index contributed by atoms with van der Waals surface area (Å²) in [6.07, 6.45) is 0. The van der Waals surface area contributed by atoms with Crippen LogP contribution in [0.1, 0.15) is 22.0 Å². The number of imide groups is 1. The van der Waals surface area contributed by atoms with Crippen molar-refractivity contribution in [1.29, 1.82) is 0 Å². The first-order valence-electron chi connectivity index (χ1n) is 7.74. The molecule has 1 fully saturated rings. The fraction of sp³-hybridized carbons (Fsp3) is 0.167. The van der Waals surface area contributed by atoms with Gasteiger partial charge in [-0.2, -0.15) is 0 Å². The van der Waals surface area contributed by atoms with Crippen molar-refractivity contribution in [3.05, 3.63) is 59.7 Å². The zero-order valence-electron chi connectivity index (χ0n) is 13.9. The molecule has 0 radical (unpaired) electrons. The van der Waals surface area contributed by atoms with Gasteiger partial charge in [-0.05, 0) is 35.9 Å². The second kappa shape index (κ2) is 6.64. The van der Waals surface area contributed by atoms with Gasteiger partial charge >= 0.3 is 6.03 Å². The number of hydrogen-bond donors (Lipinski definition) is 3. The van der Waals surface area contributed by atoms with E-state index in [0.29, 0.717) is 16.8 Å². The molecule has 7 nitrogen and oxygen atoms in total. The van der Waals surface area contributed by atoms with Gasteiger partial charge in [0.05, 0.1) is 0 Å². The van der Waals surface area contributed by atoms with Crippen LogP contribution in [0.2, 0.25) is 0 Å². The Bertz CT molecular complexity index is 830. The minimum absolute atomic E-state index is 0.219. The third kappa shape index (κ3) is 3.60. The number of amides is 4. The average Bonchev–Trinajstić information content (AvgIpc) is 2.94. The molecular formula is C18H18N4O3. The number of anilines is 2. The molecule has 3 N–H and O–H groups in total. The highest BCUT2D eigenvalue weighted by molar-refractivity contribution is 6.05. The van der Waals surface area contributed by atoms with E-state index in [1.807, 2.05) is 37.2 Å². The Morgan fingerprint density at radius 3 is 2.40 bits per heavy atom. The van der Waals surface area contributed by atoms with Gasteiger partial charge in [-0.25, -0.2) is 4.79 Å². The quantitative estimate of drug-likeness (QED) is 0.743. The monoisotopic (exact) mass is 338 g/mol. The summed E-state index contributed by atoms with van der Waals surface area (Å²) < 4.78 is 0. The van der Waals surface area contributed by atoms with Crippen LogP contribution in [0.3, 0.4) is 0 Å². The molecule has 2 aromatic rings. The normalized spacial score (nSPS) is 16.2. The highest BCUT2D eigenvalue weighted by Gasteiger charge is 2.30. The van der Waals surface area contributed by atoms with Gasteiger partial charge in [0.2, 0.25) is 0 Å². The van der Waals surface area contributed by atoms with E-state index in [9.17, 15) is 14.4 Å². The van der Waals surface area contributed by atoms with Crippen LogP contribution in [-0.4, -0.2) is 31.9 Å². The van der Waals surface area contributed by atoms with E-state index in [1.54, 1.807) is 30.3 Å². The van der Waals surface area contributed by atoms with Crippen molar-refractivity contribution in [2.24, 2.45) is 0 Å². The van der Waals surface area contributed by atoms with E-state index in [1.165, 1.54) is 0 Å². The highest BCUT2D eigenvalue weighted by Crippen LogP contribution is 2.20. The largest absolute Gasteiger partial charge is 0.378 e. The van der Waals surface area contributed by atoms with Crippen molar-refractivity contribution in [3.8, 4) is 0 Å². The maximum atomic E-state index is 12.4. The second-order valence-corrected chi connectivity index (χ2v) is 5.92. The molecule has 2 aromatic carbocycles. The molecule has 3 rings (SSSR count). The standard InChI is InChI=1S/C18H18N4O3/c1-22(2)14-5-3-4-12(10-14)16(23)19-13-8-6-11(7-9-13)15-17(24)21-18(25)20-15/h3-10,15H,1-2H3,(H,19,23)(H2,20,21,24,25). The first kappa shape index (κ1) is 16.5. The van der Waals surface area contributed by atoms with Crippen LogP contribution in [-0.2, 0) is 4.79 Å². The third-order valence-corrected chi connectivity index (χ3v) is 3.90. The predicted octanol–water partition coefficient (Wildman–Crippen LogP) is 1.89. The Labute approximate surface area is 145 Å². The fourth-order valence-electron chi connectivity index (χ4n) is 2.54.